The Morgan fingerprint density at radius 2 is 1.80 bits per heavy atom. The number of alkyl halides is 3. The van der Waals surface area contributed by atoms with Crippen molar-refractivity contribution < 1.29 is 18.3 Å². The van der Waals surface area contributed by atoms with Gasteiger partial charge in [-0.15, -0.1) is 0 Å². The van der Waals surface area contributed by atoms with Crippen LogP contribution in [-0.4, -0.2) is 48.0 Å². The molecule has 0 saturated carbocycles. The molecule has 0 aliphatic carbocycles. The molecular weight excluding hydrogens is 209 g/mol. The van der Waals surface area contributed by atoms with Crippen LogP contribution in [-0.2, 0) is 0 Å². The van der Waals surface area contributed by atoms with Crippen molar-refractivity contribution in [1.82, 2.24) is 4.90 Å². The Morgan fingerprint density at radius 3 is 2.20 bits per heavy atom. The average Bonchev–Trinajstić information content (AvgIpc) is 2.08. The molecule has 3 N–H and O–H groups in total. The molecule has 0 unspecified atom stereocenters. The maximum Gasteiger partial charge on any atom is 0.401 e. The fraction of sp³-hybridized carbons (Fsp3) is 1.00. The molecule has 15 heavy (non-hydrogen) atoms. The highest BCUT2D eigenvalue weighted by Crippen LogP contribution is 2.25. The van der Waals surface area contributed by atoms with Gasteiger partial charge >= 0.3 is 6.18 Å². The summed E-state index contributed by atoms with van der Waals surface area (Å²) in [6.45, 7) is -0.149. The van der Waals surface area contributed by atoms with E-state index >= 15 is 0 Å². The number of nitrogens with zero attached hydrogens (tertiary/aromatic N) is 1. The van der Waals surface area contributed by atoms with Crippen LogP contribution in [0.5, 0.6) is 0 Å². The molecule has 0 atom stereocenters. The second-order valence-electron chi connectivity index (χ2n) is 4.23. The Kier molecular flexibility index (Phi) is 3.97. The molecule has 90 valence electrons. The van der Waals surface area contributed by atoms with Gasteiger partial charge in [-0.25, -0.2) is 0 Å². The van der Waals surface area contributed by atoms with Gasteiger partial charge in [0.15, 0.2) is 0 Å². The zero-order valence-corrected chi connectivity index (χ0v) is 8.56. The summed E-state index contributed by atoms with van der Waals surface area (Å²) >= 11 is 0. The third-order valence-corrected chi connectivity index (χ3v) is 2.86. The smallest absolute Gasteiger partial charge is 0.396 e. The quantitative estimate of drug-likeness (QED) is 0.745. The van der Waals surface area contributed by atoms with Crippen molar-refractivity contribution in [2.75, 3.05) is 26.2 Å². The van der Waals surface area contributed by atoms with Crippen LogP contribution >= 0.6 is 0 Å². The summed E-state index contributed by atoms with van der Waals surface area (Å²) in [5, 5.41) is 8.76. The van der Waals surface area contributed by atoms with E-state index in [2.05, 4.69) is 0 Å². The van der Waals surface area contributed by atoms with Crippen LogP contribution in [0.2, 0.25) is 0 Å². The Morgan fingerprint density at radius 1 is 1.27 bits per heavy atom. The van der Waals surface area contributed by atoms with Crippen molar-refractivity contribution in [2.45, 2.75) is 31.0 Å². The molecule has 0 aromatic carbocycles. The molecule has 1 aliphatic heterocycles. The Bertz CT molecular complexity index is 200. The predicted octanol–water partition coefficient (Wildman–Crippen LogP) is 0.724. The molecule has 1 heterocycles. The lowest BCUT2D eigenvalue weighted by molar-refractivity contribution is -0.149. The van der Waals surface area contributed by atoms with E-state index in [9.17, 15) is 13.2 Å². The number of rotatable bonds is 3. The van der Waals surface area contributed by atoms with Crippen molar-refractivity contribution >= 4 is 0 Å². The second kappa shape index (κ2) is 4.67. The topological polar surface area (TPSA) is 49.5 Å². The number of piperidine rings is 1. The number of likely N-dealkylation sites (tertiary alicyclic amines) is 1. The van der Waals surface area contributed by atoms with Gasteiger partial charge in [-0.3, -0.25) is 4.90 Å². The van der Waals surface area contributed by atoms with E-state index in [1.165, 1.54) is 4.90 Å². The van der Waals surface area contributed by atoms with Gasteiger partial charge in [0, 0.05) is 25.2 Å². The first-order chi connectivity index (χ1) is 6.85. The van der Waals surface area contributed by atoms with Crippen molar-refractivity contribution in [3.8, 4) is 0 Å². The van der Waals surface area contributed by atoms with E-state index in [0.29, 0.717) is 32.4 Å². The van der Waals surface area contributed by atoms with E-state index in [1.807, 2.05) is 0 Å². The van der Waals surface area contributed by atoms with E-state index in [4.69, 9.17) is 10.8 Å². The number of halogens is 3. The fourth-order valence-electron chi connectivity index (χ4n) is 1.88. The SMILES string of the molecule is NC1(CCO)CCN(CC(F)(F)F)CC1. The van der Waals surface area contributed by atoms with Crippen molar-refractivity contribution in [3.63, 3.8) is 0 Å². The molecule has 0 amide bonds. The highest BCUT2D eigenvalue weighted by atomic mass is 19.4. The highest BCUT2D eigenvalue weighted by molar-refractivity contribution is 4.90. The normalized spacial score (nSPS) is 23.0. The lowest BCUT2D eigenvalue weighted by Crippen LogP contribution is -2.52. The zero-order chi connectivity index (χ0) is 11.5. The van der Waals surface area contributed by atoms with Gasteiger partial charge < -0.3 is 10.8 Å². The molecule has 0 bridgehead atoms. The fourth-order valence-corrected chi connectivity index (χ4v) is 1.88. The molecular formula is C9H17F3N2O. The van der Waals surface area contributed by atoms with Crippen LogP contribution in [0.4, 0.5) is 13.2 Å². The van der Waals surface area contributed by atoms with Gasteiger partial charge in [-0.1, -0.05) is 0 Å². The van der Waals surface area contributed by atoms with Gasteiger partial charge in [0.2, 0.25) is 0 Å². The number of nitrogens with two attached hydrogens (primary N) is 1. The molecule has 1 rings (SSSR count). The third-order valence-electron chi connectivity index (χ3n) is 2.86. The standard InChI is InChI=1S/C9H17F3N2O/c10-9(11,12)7-14-4-1-8(13,2-5-14)3-6-15/h15H,1-7,13H2. The van der Waals surface area contributed by atoms with Crippen molar-refractivity contribution in [3.05, 3.63) is 0 Å². The molecule has 0 spiro atoms. The molecule has 0 aromatic heterocycles. The lowest BCUT2D eigenvalue weighted by Gasteiger charge is -2.39. The molecule has 1 saturated heterocycles. The molecule has 6 heteroatoms. The van der Waals surface area contributed by atoms with Crippen molar-refractivity contribution in [2.24, 2.45) is 5.73 Å². The molecule has 1 fully saturated rings. The van der Waals surface area contributed by atoms with E-state index in [-0.39, 0.29) is 6.61 Å². The van der Waals surface area contributed by atoms with E-state index < -0.39 is 18.3 Å². The number of hydrogen-bond acceptors (Lipinski definition) is 3. The monoisotopic (exact) mass is 226 g/mol. The minimum atomic E-state index is -4.13. The van der Waals surface area contributed by atoms with Crippen LogP contribution in [0.1, 0.15) is 19.3 Å². The third kappa shape index (κ3) is 4.36. The van der Waals surface area contributed by atoms with Crippen LogP contribution in [0, 0.1) is 0 Å². The molecule has 0 aromatic rings. The first-order valence-corrected chi connectivity index (χ1v) is 5.03. The van der Waals surface area contributed by atoms with Crippen molar-refractivity contribution in [1.29, 1.82) is 0 Å². The molecule has 0 radical (unpaired) electrons. The van der Waals surface area contributed by atoms with E-state index in [1.54, 1.807) is 0 Å². The van der Waals surface area contributed by atoms with Gasteiger partial charge in [-0.2, -0.15) is 13.2 Å². The Hall–Kier alpha value is -0.330. The summed E-state index contributed by atoms with van der Waals surface area (Å²) in [6, 6.07) is 0. The Labute approximate surface area is 87.0 Å². The van der Waals surface area contributed by atoms with Crippen LogP contribution in [0.25, 0.3) is 0 Å². The summed E-state index contributed by atoms with van der Waals surface area (Å²) < 4.78 is 36.2. The maximum absolute atomic E-state index is 12.1. The molecule has 3 nitrogen and oxygen atoms in total. The van der Waals surface area contributed by atoms with E-state index in [0.717, 1.165) is 0 Å². The van der Waals surface area contributed by atoms with Gasteiger partial charge in [0.1, 0.15) is 0 Å². The Balaban J connectivity index is 2.35. The first kappa shape index (κ1) is 12.7. The number of hydrogen-bond donors (Lipinski definition) is 2. The van der Waals surface area contributed by atoms with Gasteiger partial charge in [0.25, 0.3) is 0 Å². The average molecular weight is 226 g/mol. The van der Waals surface area contributed by atoms with Crippen LogP contribution in [0.3, 0.4) is 0 Å². The lowest BCUT2D eigenvalue weighted by atomic mass is 9.86. The first-order valence-electron chi connectivity index (χ1n) is 5.03. The van der Waals surface area contributed by atoms with Gasteiger partial charge in [-0.05, 0) is 19.3 Å². The summed E-state index contributed by atoms with van der Waals surface area (Å²) in [4.78, 5) is 1.36. The molecule has 1 aliphatic rings. The minimum Gasteiger partial charge on any atom is -0.396 e. The summed E-state index contributed by atoms with van der Waals surface area (Å²) in [5.41, 5.74) is 5.45. The maximum atomic E-state index is 12.1. The summed E-state index contributed by atoms with van der Waals surface area (Å²) in [6.07, 6.45) is -2.63. The number of aliphatic hydroxyl groups excluding tert-OH is 1. The predicted molar refractivity (Wildman–Crippen MR) is 50.4 cm³/mol. The zero-order valence-electron chi connectivity index (χ0n) is 8.56. The van der Waals surface area contributed by atoms with Gasteiger partial charge in [0.05, 0.1) is 6.54 Å². The highest BCUT2D eigenvalue weighted by Gasteiger charge is 2.35. The van der Waals surface area contributed by atoms with Crippen LogP contribution < -0.4 is 5.73 Å². The minimum absolute atomic E-state index is 0.00420. The number of aliphatic hydroxyl groups is 1. The largest absolute Gasteiger partial charge is 0.401 e. The second-order valence-corrected chi connectivity index (χ2v) is 4.23. The summed E-state index contributed by atoms with van der Waals surface area (Å²) in [7, 11) is 0. The van der Waals surface area contributed by atoms with Crippen LogP contribution in [0.15, 0.2) is 0 Å². The summed E-state index contributed by atoms with van der Waals surface area (Å²) in [5.74, 6) is 0.